The van der Waals surface area contributed by atoms with Crippen molar-refractivity contribution in [3.8, 4) is 6.07 Å². The molecule has 0 aliphatic carbocycles. The van der Waals surface area contributed by atoms with Gasteiger partial charge in [0.25, 0.3) is 5.56 Å². The summed E-state index contributed by atoms with van der Waals surface area (Å²) in [5.74, 6) is 0. The van der Waals surface area contributed by atoms with Gasteiger partial charge in [0.1, 0.15) is 11.6 Å². The number of nitrogens with one attached hydrogen (secondary N) is 1. The van der Waals surface area contributed by atoms with E-state index in [1.165, 1.54) is 16.8 Å². The molecule has 4 heterocycles. The third kappa shape index (κ3) is 3.06. The summed E-state index contributed by atoms with van der Waals surface area (Å²) in [4.78, 5) is 19.1. The van der Waals surface area contributed by atoms with Gasteiger partial charge in [-0.25, -0.2) is 9.50 Å². The lowest BCUT2D eigenvalue weighted by Gasteiger charge is -2.47. The molecular formula is C17H21N5O3. The number of hydrogen-bond donors (Lipinski definition) is 1. The van der Waals surface area contributed by atoms with Crippen molar-refractivity contribution in [2.24, 2.45) is 0 Å². The van der Waals surface area contributed by atoms with Crippen LogP contribution in [0.3, 0.4) is 0 Å². The first kappa shape index (κ1) is 16.3. The van der Waals surface area contributed by atoms with E-state index in [1.54, 1.807) is 0 Å². The summed E-state index contributed by atoms with van der Waals surface area (Å²) in [5, 5.41) is 11.9. The van der Waals surface area contributed by atoms with Crippen LogP contribution in [-0.2, 0) is 16.0 Å². The fourth-order valence-electron chi connectivity index (χ4n) is 3.90. The zero-order valence-electron chi connectivity index (χ0n) is 14.2. The molecule has 2 saturated heterocycles. The molecule has 0 saturated carbocycles. The molecule has 1 spiro atoms. The van der Waals surface area contributed by atoms with Gasteiger partial charge in [0.2, 0.25) is 0 Å². The van der Waals surface area contributed by atoms with Gasteiger partial charge >= 0.3 is 0 Å². The molecule has 4 rings (SSSR count). The van der Waals surface area contributed by atoms with Gasteiger partial charge in [-0.15, -0.1) is 0 Å². The normalized spacial score (nSPS) is 23.8. The molecule has 2 fully saturated rings. The van der Waals surface area contributed by atoms with Crippen LogP contribution >= 0.6 is 0 Å². The number of aromatic nitrogens is 3. The molecule has 1 atom stereocenters. The van der Waals surface area contributed by atoms with Crippen molar-refractivity contribution >= 4 is 5.65 Å². The van der Waals surface area contributed by atoms with Gasteiger partial charge in [-0.05, 0) is 6.92 Å². The maximum Gasteiger partial charge on any atom is 0.272 e. The molecule has 2 aromatic rings. The molecule has 8 nitrogen and oxygen atoms in total. The first-order valence-corrected chi connectivity index (χ1v) is 8.57. The predicted molar refractivity (Wildman–Crippen MR) is 89.1 cm³/mol. The Labute approximate surface area is 145 Å². The largest absolute Gasteiger partial charge is 0.381 e. The zero-order chi connectivity index (χ0) is 17.4. The second-order valence-electron chi connectivity index (χ2n) is 6.94. The monoisotopic (exact) mass is 343 g/mol. The average Bonchev–Trinajstić information content (AvgIpc) is 2.98. The highest BCUT2D eigenvalue weighted by Gasteiger charge is 2.40. The van der Waals surface area contributed by atoms with Crippen LogP contribution in [0.15, 0.2) is 17.1 Å². The number of aromatic amines is 1. The third-order valence-electron chi connectivity index (χ3n) is 4.94. The fraction of sp³-hybridized carbons (Fsp3) is 0.588. The van der Waals surface area contributed by atoms with Gasteiger partial charge in [-0.2, -0.15) is 5.26 Å². The minimum absolute atomic E-state index is 0.124. The van der Waals surface area contributed by atoms with Crippen LogP contribution in [0.5, 0.6) is 0 Å². The molecule has 0 amide bonds. The van der Waals surface area contributed by atoms with E-state index in [0.29, 0.717) is 23.4 Å². The van der Waals surface area contributed by atoms with Crippen molar-refractivity contribution in [3.05, 3.63) is 33.9 Å². The van der Waals surface area contributed by atoms with Gasteiger partial charge in [0, 0.05) is 58.0 Å². The number of morpholine rings is 1. The predicted octanol–water partition coefficient (Wildman–Crippen LogP) is 0.664. The molecule has 0 radical (unpaired) electrons. The minimum Gasteiger partial charge on any atom is -0.381 e. The van der Waals surface area contributed by atoms with Crippen molar-refractivity contribution in [1.29, 1.82) is 5.26 Å². The first-order chi connectivity index (χ1) is 12.1. The Morgan fingerprint density at radius 3 is 3.04 bits per heavy atom. The lowest BCUT2D eigenvalue weighted by Crippen LogP contribution is -2.56. The zero-order valence-corrected chi connectivity index (χ0v) is 14.2. The van der Waals surface area contributed by atoms with Gasteiger partial charge < -0.3 is 9.47 Å². The lowest BCUT2D eigenvalue weighted by atomic mass is 9.91. The molecule has 2 aromatic heterocycles. The summed E-state index contributed by atoms with van der Waals surface area (Å²) in [6.07, 6.45) is 3.40. The minimum atomic E-state index is -0.205. The molecule has 0 aromatic carbocycles. The van der Waals surface area contributed by atoms with Crippen LogP contribution < -0.4 is 5.56 Å². The number of H-pyrrole nitrogens is 1. The molecule has 2 aliphatic heterocycles. The topological polar surface area (TPSA) is 95.7 Å². The van der Waals surface area contributed by atoms with E-state index in [2.05, 4.69) is 28.0 Å². The van der Waals surface area contributed by atoms with Crippen LogP contribution in [0.4, 0.5) is 0 Å². The molecule has 0 bridgehead atoms. The Morgan fingerprint density at radius 2 is 2.28 bits per heavy atom. The molecule has 25 heavy (non-hydrogen) atoms. The summed E-state index contributed by atoms with van der Waals surface area (Å²) in [5.41, 5.74) is 1.06. The third-order valence-corrected chi connectivity index (χ3v) is 4.94. The lowest BCUT2D eigenvalue weighted by molar-refractivity contribution is -0.185. The maximum atomic E-state index is 12.3. The number of nitrogens with zero attached hydrogens (tertiary/aromatic N) is 4. The van der Waals surface area contributed by atoms with E-state index in [0.717, 1.165) is 39.1 Å². The number of ether oxygens (including phenoxy) is 2. The Balaban J connectivity index is 1.60. The van der Waals surface area contributed by atoms with E-state index >= 15 is 0 Å². The maximum absolute atomic E-state index is 12.3. The second-order valence-corrected chi connectivity index (χ2v) is 6.94. The van der Waals surface area contributed by atoms with Gasteiger partial charge in [-0.3, -0.25) is 14.8 Å². The summed E-state index contributed by atoms with van der Waals surface area (Å²) in [6.45, 7) is 5.69. The highest BCUT2D eigenvalue weighted by Crippen LogP contribution is 2.31. The van der Waals surface area contributed by atoms with Crippen LogP contribution in [0, 0.1) is 11.3 Å². The second kappa shape index (κ2) is 6.26. The highest BCUT2D eigenvalue weighted by atomic mass is 16.5. The van der Waals surface area contributed by atoms with E-state index in [4.69, 9.17) is 14.7 Å². The van der Waals surface area contributed by atoms with Gasteiger partial charge in [0.05, 0.1) is 17.4 Å². The molecule has 8 heteroatoms. The Kier molecular flexibility index (Phi) is 4.07. The Bertz CT molecular complexity index is 875. The average molecular weight is 343 g/mol. The van der Waals surface area contributed by atoms with E-state index < -0.39 is 0 Å². The number of hydrogen-bond acceptors (Lipinski definition) is 6. The van der Waals surface area contributed by atoms with Crippen molar-refractivity contribution < 1.29 is 9.47 Å². The van der Waals surface area contributed by atoms with E-state index in [1.807, 2.05) is 0 Å². The number of fused-ring (bicyclic) bond motifs is 1. The Morgan fingerprint density at radius 1 is 1.48 bits per heavy atom. The van der Waals surface area contributed by atoms with Crippen LogP contribution in [0.25, 0.3) is 5.65 Å². The van der Waals surface area contributed by atoms with Crippen molar-refractivity contribution in [1.82, 2.24) is 19.5 Å². The smallest absolute Gasteiger partial charge is 0.272 e. The summed E-state index contributed by atoms with van der Waals surface area (Å²) < 4.78 is 13.0. The molecule has 2 aliphatic rings. The summed E-state index contributed by atoms with van der Waals surface area (Å²) in [7, 11) is 0. The number of nitriles is 1. The van der Waals surface area contributed by atoms with Crippen molar-refractivity contribution in [2.75, 3.05) is 26.3 Å². The standard InChI is InChI=1S/C17H21N5O3/c1-12-9-21(11-17(25-12)2-4-24-5-3-17)10-14-6-15(23)22-16(20-14)13(7-18)8-19-22/h6,8,12,19H,2-5,9-11H2,1H3. The first-order valence-electron chi connectivity index (χ1n) is 8.57. The molecular weight excluding hydrogens is 322 g/mol. The van der Waals surface area contributed by atoms with E-state index in [-0.39, 0.29) is 17.3 Å². The highest BCUT2D eigenvalue weighted by molar-refractivity contribution is 5.53. The van der Waals surface area contributed by atoms with E-state index in [9.17, 15) is 4.79 Å². The van der Waals surface area contributed by atoms with Crippen LogP contribution in [0.2, 0.25) is 0 Å². The summed E-state index contributed by atoms with van der Waals surface area (Å²) >= 11 is 0. The molecule has 1 unspecified atom stereocenters. The van der Waals surface area contributed by atoms with Crippen molar-refractivity contribution in [2.45, 2.75) is 38.0 Å². The Hall–Kier alpha value is -2.21. The van der Waals surface area contributed by atoms with Crippen LogP contribution in [-0.4, -0.2) is 57.5 Å². The molecule has 132 valence electrons. The SMILES string of the molecule is CC1CN(Cc2cc(=O)n3[nH]cc(C#N)c3n2)CC2(CCOCC2)O1. The summed E-state index contributed by atoms with van der Waals surface area (Å²) in [6, 6.07) is 3.59. The molecule has 1 N–H and O–H groups in total. The van der Waals surface area contributed by atoms with Crippen molar-refractivity contribution in [3.63, 3.8) is 0 Å². The van der Waals surface area contributed by atoms with Gasteiger partial charge in [-0.1, -0.05) is 0 Å². The van der Waals surface area contributed by atoms with Gasteiger partial charge in [0.15, 0.2) is 5.65 Å². The fourth-order valence-corrected chi connectivity index (χ4v) is 3.90. The van der Waals surface area contributed by atoms with Crippen LogP contribution in [0.1, 0.15) is 31.0 Å². The number of rotatable bonds is 2. The quantitative estimate of drug-likeness (QED) is 0.861.